The van der Waals surface area contributed by atoms with Gasteiger partial charge in [0.15, 0.2) is 5.65 Å². The number of benzene rings is 1. The molecule has 1 atom stereocenters. The van der Waals surface area contributed by atoms with E-state index in [2.05, 4.69) is 53.2 Å². The van der Waals surface area contributed by atoms with Crippen molar-refractivity contribution in [2.45, 2.75) is 32.2 Å². The van der Waals surface area contributed by atoms with E-state index >= 15 is 0 Å². The van der Waals surface area contributed by atoms with E-state index in [1.807, 2.05) is 18.3 Å². The summed E-state index contributed by atoms with van der Waals surface area (Å²) in [4.78, 5) is 7.08. The molecule has 2 aromatic heterocycles. The average molecular weight is 336 g/mol. The largest absolute Gasteiger partial charge is 0.477 e. The first kappa shape index (κ1) is 16.1. The first-order valence-corrected chi connectivity index (χ1v) is 8.95. The van der Waals surface area contributed by atoms with Gasteiger partial charge in [-0.15, -0.1) is 5.10 Å². The van der Waals surface area contributed by atoms with Crippen LogP contribution < -0.4 is 4.74 Å². The van der Waals surface area contributed by atoms with Gasteiger partial charge < -0.3 is 9.64 Å². The summed E-state index contributed by atoms with van der Waals surface area (Å²) in [5.41, 5.74) is 4.10. The van der Waals surface area contributed by atoms with Crippen LogP contribution >= 0.6 is 0 Å². The molecule has 25 heavy (non-hydrogen) atoms. The number of fused-ring (bicyclic) bond motifs is 1. The molecule has 0 saturated carbocycles. The SMILES string of the molecule is Cc1cccc(-c2cn3nc(OCCC4CCCN4C)ccc3n2)c1. The molecule has 0 aliphatic carbocycles. The minimum Gasteiger partial charge on any atom is -0.477 e. The second-order valence-corrected chi connectivity index (χ2v) is 6.88. The van der Waals surface area contributed by atoms with Crippen molar-refractivity contribution in [2.24, 2.45) is 0 Å². The van der Waals surface area contributed by atoms with Gasteiger partial charge in [-0.2, -0.15) is 0 Å². The van der Waals surface area contributed by atoms with E-state index < -0.39 is 0 Å². The zero-order valence-electron chi connectivity index (χ0n) is 14.9. The van der Waals surface area contributed by atoms with E-state index in [1.165, 1.54) is 24.9 Å². The predicted molar refractivity (Wildman–Crippen MR) is 98.9 cm³/mol. The summed E-state index contributed by atoms with van der Waals surface area (Å²) >= 11 is 0. The Hall–Kier alpha value is -2.40. The van der Waals surface area contributed by atoms with Gasteiger partial charge in [0.1, 0.15) is 0 Å². The number of hydrogen-bond donors (Lipinski definition) is 0. The Kier molecular flexibility index (Phi) is 4.40. The smallest absolute Gasteiger partial charge is 0.231 e. The monoisotopic (exact) mass is 336 g/mol. The van der Waals surface area contributed by atoms with Crippen LogP contribution in [0.3, 0.4) is 0 Å². The van der Waals surface area contributed by atoms with Crippen LogP contribution in [-0.4, -0.2) is 45.7 Å². The Morgan fingerprint density at radius 2 is 2.16 bits per heavy atom. The van der Waals surface area contributed by atoms with Gasteiger partial charge in [0.25, 0.3) is 0 Å². The van der Waals surface area contributed by atoms with Gasteiger partial charge in [0.05, 0.1) is 18.5 Å². The standard InChI is InChI=1S/C20H24N4O/c1-15-5-3-6-16(13-15)18-14-24-19(21-18)8-9-20(22-24)25-12-10-17-7-4-11-23(17)2/h3,5-6,8-9,13-14,17H,4,7,10-12H2,1-2H3. The molecule has 1 aliphatic rings. The highest BCUT2D eigenvalue weighted by molar-refractivity contribution is 5.63. The Balaban J connectivity index is 1.46. The number of hydrogen-bond acceptors (Lipinski definition) is 4. The fourth-order valence-electron chi connectivity index (χ4n) is 3.53. The van der Waals surface area contributed by atoms with Gasteiger partial charge in [-0.05, 0) is 51.9 Å². The molecular formula is C20H24N4O. The fourth-order valence-corrected chi connectivity index (χ4v) is 3.53. The summed E-state index contributed by atoms with van der Waals surface area (Å²) in [7, 11) is 2.19. The van der Waals surface area contributed by atoms with E-state index in [0.717, 1.165) is 23.3 Å². The third kappa shape index (κ3) is 3.51. The second kappa shape index (κ2) is 6.84. The number of ether oxygens (including phenoxy) is 1. The molecule has 0 N–H and O–H groups in total. The zero-order valence-corrected chi connectivity index (χ0v) is 14.9. The normalized spacial score (nSPS) is 18.1. The Labute approximate surface area is 148 Å². The fraction of sp³-hybridized carbons (Fsp3) is 0.400. The highest BCUT2D eigenvalue weighted by Gasteiger charge is 2.20. The molecule has 1 fully saturated rings. The zero-order chi connectivity index (χ0) is 17.2. The minimum atomic E-state index is 0.643. The molecule has 0 radical (unpaired) electrons. The summed E-state index contributed by atoms with van der Waals surface area (Å²) in [6, 6.07) is 12.9. The number of aryl methyl sites for hydroxylation is 1. The first-order chi connectivity index (χ1) is 12.2. The van der Waals surface area contributed by atoms with Gasteiger partial charge >= 0.3 is 0 Å². The van der Waals surface area contributed by atoms with Crippen LogP contribution in [0, 0.1) is 6.92 Å². The number of imidazole rings is 1. The van der Waals surface area contributed by atoms with Crippen LogP contribution in [0.15, 0.2) is 42.6 Å². The maximum atomic E-state index is 5.87. The van der Waals surface area contributed by atoms with Crippen LogP contribution in [0.5, 0.6) is 5.88 Å². The molecule has 1 aliphatic heterocycles. The molecule has 0 bridgehead atoms. The molecule has 4 rings (SSSR count). The lowest BCUT2D eigenvalue weighted by Gasteiger charge is -2.18. The summed E-state index contributed by atoms with van der Waals surface area (Å²) in [5.74, 6) is 0.654. The molecule has 1 unspecified atom stereocenters. The maximum Gasteiger partial charge on any atom is 0.231 e. The van der Waals surface area contributed by atoms with Crippen molar-refractivity contribution >= 4 is 5.65 Å². The Morgan fingerprint density at radius 1 is 1.24 bits per heavy atom. The summed E-state index contributed by atoms with van der Waals surface area (Å²) in [5, 5.41) is 4.55. The van der Waals surface area contributed by atoms with Crippen LogP contribution in [0.1, 0.15) is 24.8 Å². The Morgan fingerprint density at radius 3 is 2.96 bits per heavy atom. The topological polar surface area (TPSA) is 42.7 Å². The van der Waals surface area contributed by atoms with Crippen molar-refractivity contribution in [2.75, 3.05) is 20.2 Å². The van der Waals surface area contributed by atoms with E-state index in [-0.39, 0.29) is 0 Å². The van der Waals surface area contributed by atoms with Crippen molar-refractivity contribution in [3.05, 3.63) is 48.2 Å². The van der Waals surface area contributed by atoms with Crippen molar-refractivity contribution in [1.29, 1.82) is 0 Å². The van der Waals surface area contributed by atoms with Gasteiger partial charge in [-0.1, -0.05) is 23.8 Å². The second-order valence-electron chi connectivity index (χ2n) is 6.88. The highest BCUT2D eigenvalue weighted by Crippen LogP contribution is 2.21. The van der Waals surface area contributed by atoms with Crippen molar-refractivity contribution in [1.82, 2.24) is 19.5 Å². The summed E-state index contributed by atoms with van der Waals surface area (Å²) < 4.78 is 7.67. The molecule has 1 saturated heterocycles. The molecular weight excluding hydrogens is 312 g/mol. The van der Waals surface area contributed by atoms with E-state index in [1.54, 1.807) is 4.52 Å². The van der Waals surface area contributed by atoms with Gasteiger partial charge in [-0.3, -0.25) is 0 Å². The van der Waals surface area contributed by atoms with E-state index in [0.29, 0.717) is 18.5 Å². The van der Waals surface area contributed by atoms with Crippen LogP contribution in [0.25, 0.3) is 16.9 Å². The van der Waals surface area contributed by atoms with Gasteiger partial charge in [-0.25, -0.2) is 9.50 Å². The van der Waals surface area contributed by atoms with Gasteiger partial charge in [0, 0.05) is 17.7 Å². The first-order valence-electron chi connectivity index (χ1n) is 8.95. The minimum absolute atomic E-state index is 0.643. The van der Waals surface area contributed by atoms with Crippen LogP contribution in [0.2, 0.25) is 0 Å². The Bertz CT molecular complexity index is 873. The number of likely N-dealkylation sites (tertiary alicyclic amines) is 1. The summed E-state index contributed by atoms with van der Waals surface area (Å²) in [6.07, 6.45) is 5.58. The molecule has 130 valence electrons. The predicted octanol–water partition coefficient (Wildman–Crippen LogP) is 3.57. The molecule has 0 spiro atoms. The van der Waals surface area contributed by atoms with Crippen LogP contribution in [0.4, 0.5) is 0 Å². The molecule has 1 aromatic carbocycles. The van der Waals surface area contributed by atoms with E-state index in [9.17, 15) is 0 Å². The highest BCUT2D eigenvalue weighted by atomic mass is 16.5. The number of aromatic nitrogens is 3. The molecule has 0 amide bonds. The lowest BCUT2D eigenvalue weighted by Crippen LogP contribution is -2.26. The molecule has 5 heteroatoms. The maximum absolute atomic E-state index is 5.87. The number of nitrogens with zero attached hydrogens (tertiary/aromatic N) is 4. The molecule has 5 nitrogen and oxygen atoms in total. The van der Waals surface area contributed by atoms with Crippen molar-refractivity contribution in [3.63, 3.8) is 0 Å². The third-order valence-corrected chi connectivity index (χ3v) is 4.98. The van der Waals surface area contributed by atoms with Crippen molar-refractivity contribution in [3.8, 4) is 17.1 Å². The lowest BCUT2D eigenvalue weighted by atomic mass is 10.1. The lowest BCUT2D eigenvalue weighted by molar-refractivity contribution is 0.227. The quantitative estimate of drug-likeness (QED) is 0.714. The molecule has 3 heterocycles. The third-order valence-electron chi connectivity index (χ3n) is 4.98. The van der Waals surface area contributed by atoms with Crippen LogP contribution in [-0.2, 0) is 0 Å². The van der Waals surface area contributed by atoms with Gasteiger partial charge in [0.2, 0.25) is 5.88 Å². The number of rotatable bonds is 5. The summed E-state index contributed by atoms with van der Waals surface area (Å²) in [6.45, 7) is 3.99. The molecule has 3 aromatic rings. The average Bonchev–Trinajstić information content (AvgIpc) is 3.21. The van der Waals surface area contributed by atoms with Crippen molar-refractivity contribution < 1.29 is 4.74 Å². The van der Waals surface area contributed by atoms with E-state index in [4.69, 9.17) is 4.74 Å².